The van der Waals surface area contributed by atoms with Crippen LogP contribution in [0.2, 0.25) is 0 Å². The fourth-order valence-corrected chi connectivity index (χ4v) is 1.64. The largest absolute Gasteiger partial charge is 0.450 e. The Labute approximate surface area is 114 Å². The molecule has 0 aromatic heterocycles. The highest BCUT2D eigenvalue weighted by molar-refractivity contribution is 5.67. The zero-order valence-electron chi connectivity index (χ0n) is 11.5. The number of rotatable bonds is 8. The summed E-state index contributed by atoms with van der Waals surface area (Å²) in [7, 11) is 0. The lowest BCUT2D eigenvalue weighted by Crippen LogP contribution is -2.33. The first-order valence-electron chi connectivity index (χ1n) is 6.85. The predicted molar refractivity (Wildman–Crippen MR) is 75.0 cm³/mol. The maximum atomic E-state index is 11.3. The Morgan fingerprint density at radius 2 is 2.11 bits per heavy atom. The number of hydrogen-bond donors (Lipinski definition) is 2. The summed E-state index contributed by atoms with van der Waals surface area (Å²) in [5.74, 6) is 0. The van der Waals surface area contributed by atoms with Crippen LogP contribution in [-0.2, 0) is 11.2 Å². The van der Waals surface area contributed by atoms with Crippen LogP contribution in [0, 0.1) is 0 Å². The van der Waals surface area contributed by atoms with Crippen LogP contribution in [0.5, 0.6) is 0 Å². The maximum absolute atomic E-state index is 11.3. The molecule has 1 atom stereocenters. The first-order valence-corrected chi connectivity index (χ1v) is 6.85. The van der Waals surface area contributed by atoms with Gasteiger partial charge in [0, 0.05) is 6.54 Å². The summed E-state index contributed by atoms with van der Waals surface area (Å²) >= 11 is 0. The van der Waals surface area contributed by atoms with Gasteiger partial charge in [-0.25, -0.2) is 4.79 Å². The standard InChI is InChI=1S/C15H23NO3/c1-2-3-11-19-15(18)16-12-14(17)10-9-13-7-5-4-6-8-13/h4-8,14,17H,2-3,9-12H2,1H3,(H,16,18). The van der Waals surface area contributed by atoms with Crippen molar-refractivity contribution in [3.05, 3.63) is 35.9 Å². The fourth-order valence-electron chi connectivity index (χ4n) is 1.64. The number of carbonyl (C=O) groups is 1. The average Bonchev–Trinajstić information content (AvgIpc) is 2.44. The highest BCUT2D eigenvalue weighted by Crippen LogP contribution is 2.04. The number of aliphatic hydroxyl groups is 1. The number of aliphatic hydroxyl groups excluding tert-OH is 1. The van der Waals surface area contributed by atoms with Gasteiger partial charge in [-0.3, -0.25) is 0 Å². The van der Waals surface area contributed by atoms with Crippen LogP contribution in [-0.4, -0.2) is 30.5 Å². The lowest BCUT2D eigenvalue weighted by atomic mass is 10.1. The van der Waals surface area contributed by atoms with E-state index in [1.165, 1.54) is 5.56 Å². The highest BCUT2D eigenvalue weighted by Gasteiger charge is 2.07. The molecule has 0 radical (unpaired) electrons. The van der Waals surface area contributed by atoms with Crippen molar-refractivity contribution in [3.8, 4) is 0 Å². The van der Waals surface area contributed by atoms with E-state index < -0.39 is 12.2 Å². The van der Waals surface area contributed by atoms with Crippen LogP contribution in [0.1, 0.15) is 31.7 Å². The molecule has 0 spiro atoms. The summed E-state index contributed by atoms with van der Waals surface area (Å²) in [5, 5.41) is 12.3. The molecular weight excluding hydrogens is 242 g/mol. The first-order chi connectivity index (χ1) is 9.22. The molecule has 19 heavy (non-hydrogen) atoms. The van der Waals surface area contributed by atoms with E-state index in [1.807, 2.05) is 37.3 Å². The number of amides is 1. The second kappa shape index (κ2) is 9.39. The van der Waals surface area contributed by atoms with Crippen LogP contribution in [0.4, 0.5) is 4.79 Å². The summed E-state index contributed by atoms with van der Waals surface area (Å²) in [6, 6.07) is 9.97. The van der Waals surface area contributed by atoms with Crippen molar-refractivity contribution in [3.63, 3.8) is 0 Å². The molecule has 4 heteroatoms. The van der Waals surface area contributed by atoms with Gasteiger partial charge < -0.3 is 15.2 Å². The summed E-state index contributed by atoms with van der Waals surface area (Å²) in [6.07, 6.45) is 2.29. The van der Waals surface area contributed by atoms with Crippen LogP contribution < -0.4 is 5.32 Å². The number of ether oxygens (including phenoxy) is 1. The molecule has 4 nitrogen and oxygen atoms in total. The van der Waals surface area contributed by atoms with E-state index in [-0.39, 0.29) is 6.54 Å². The Morgan fingerprint density at radius 1 is 1.37 bits per heavy atom. The van der Waals surface area contributed by atoms with Crippen LogP contribution >= 0.6 is 0 Å². The molecule has 1 amide bonds. The summed E-state index contributed by atoms with van der Waals surface area (Å²) in [6.45, 7) is 2.70. The van der Waals surface area contributed by atoms with Crippen molar-refractivity contribution in [2.75, 3.05) is 13.2 Å². The van der Waals surface area contributed by atoms with Gasteiger partial charge in [-0.15, -0.1) is 0 Å². The number of hydrogen-bond acceptors (Lipinski definition) is 3. The minimum atomic E-state index is -0.543. The molecule has 0 aliphatic heterocycles. The number of unbranched alkanes of at least 4 members (excludes halogenated alkanes) is 1. The van der Waals surface area contributed by atoms with Crippen LogP contribution in [0.3, 0.4) is 0 Å². The van der Waals surface area contributed by atoms with Gasteiger partial charge in [0.15, 0.2) is 0 Å². The number of benzene rings is 1. The molecule has 0 saturated carbocycles. The second-order valence-corrected chi connectivity index (χ2v) is 4.55. The van der Waals surface area contributed by atoms with Gasteiger partial charge in [-0.1, -0.05) is 43.7 Å². The Balaban J connectivity index is 2.10. The summed E-state index contributed by atoms with van der Waals surface area (Å²) < 4.78 is 4.93. The Hall–Kier alpha value is -1.55. The molecule has 1 unspecified atom stereocenters. The van der Waals surface area contributed by atoms with Gasteiger partial charge in [0.05, 0.1) is 12.7 Å². The minimum Gasteiger partial charge on any atom is -0.450 e. The Kier molecular flexibility index (Phi) is 7.66. The molecule has 0 aliphatic rings. The molecule has 0 bridgehead atoms. The van der Waals surface area contributed by atoms with E-state index in [4.69, 9.17) is 4.74 Å². The summed E-state index contributed by atoms with van der Waals surface area (Å²) in [5.41, 5.74) is 1.19. The number of aryl methyl sites for hydroxylation is 1. The smallest absolute Gasteiger partial charge is 0.407 e. The average molecular weight is 265 g/mol. The molecule has 1 aromatic rings. The van der Waals surface area contributed by atoms with Crippen molar-refractivity contribution >= 4 is 6.09 Å². The SMILES string of the molecule is CCCCOC(=O)NCC(O)CCc1ccccc1. The molecule has 1 aromatic carbocycles. The molecule has 2 N–H and O–H groups in total. The third-order valence-electron chi connectivity index (χ3n) is 2.82. The van der Waals surface area contributed by atoms with Crippen molar-refractivity contribution < 1.29 is 14.6 Å². The van der Waals surface area contributed by atoms with E-state index in [0.717, 1.165) is 19.3 Å². The minimum absolute atomic E-state index is 0.234. The van der Waals surface area contributed by atoms with Gasteiger partial charge in [0.2, 0.25) is 0 Å². The monoisotopic (exact) mass is 265 g/mol. The van der Waals surface area contributed by atoms with Gasteiger partial charge in [0.1, 0.15) is 0 Å². The van der Waals surface area contributed by atoms with Crippen molar-refractivity contribution in [2.45, 2.75) is 38.7 Å². The van der Waals surface area contributed by atoms with Crippen molar-refractivity contribution in [2.24, 2.45) is 0 Å². The third-order valence-corrected chi connectivity index (χ3v) is 2.82. The summed E-state index contributed by atoms with van der Waals surface area (Å²) in [4.78, 5) is 11.3. The van der Waals surface area contributed by atoms with E-state index in [1.54, 1.807) is 0 Å². The predicted octanol–water partition coefficient (Wildman–Crippen LogP) is 2.51. The molecular formula is C15H23NO3. The molecule has 106 valence electrons. The molecule has 1 rings (SSSR count). The molecule has 0 aliphatic carbocycles. The number of alkyl carbamates (subject to hydrolysis) is 1. The number of nitrogens with one attached hydrogen (secondary N) is 1. The third kappa shape index (κ3) is 7.47. The normalized spacial score (nSPS) is 11.9. The fraction of sp³-hybridized carbons (Fsp3) is 0.533. The lowest BCUT2D eigenvalue weighted by Gasteiger charge is -2.12. The molecule has 0 fully saturated rings. The van der Waals surface area contributed by atoms with E-state index in [0.29, 0.717) is 13.0 Å². The van der Waals surface area contributed by atoms with Gasteiger partial charge in [0.25, 0.3) is 0 Å². The van der Waals surface area contributed by atoms with Crippen molar-refractivity contribution in [1.29, 1.82) is 0 Å². The van der Waals surface area contributed by atoms with Gasteiger partial charge in [-0.05, 0) is 24.8 Å². The number of carbonyl (C=O) groups excluding carboxylic acids is 1. The topological polar surface area (TPSA) is 58.6 Å². The molecule has 0 heterocycles. The Bertz CT molecular complexity index is 354. The maximum Gasteiger partial charge on any atom is 0.407 e. The van der Waals surface area contributed by atoms with E-state index >= 15 is 0 Å². The first kappa shape index (κ1) is 15.5. The van der Waals surface area contributed by atoms with Crippen LogP contribution in [0.15, 0.2) is 30.3 Å². The second-order valence-electron chi connectivity index (χ2n) is 4.55. The van der Waals surface area contributed by atoms with Gasteiger partial charge in [-0.2, -0.15) is 0 Å². The zero-order chi connectivity index (χ0) is 13.9. The van der Waals surface area contributed by atoms with Gasteiger partial charge >= 0.3 is 6.09 Å². The van der Waals surface area contributed by atoms with E-state index in [9.17, 15) is 9.90 Å². The zero-order valence-corrected chi connectivity index (χ0v) is 11.5. The quantitative estimate of drug-likeness (QED) is 0.710. The van der Waals surface area contributed by atoms with E-state index in [2.05, 4.69) is 5.32 Å². The Morgan fingerprint density at radius 3 is 2.79 bits per heavy atom. The van der Waals surface area contributed by atoms with Crippen LogP contribution in [0.25, 0.3) is 0 Å². The van der Waals surface area contributed by atoms with Crippen molar-refractivity contribution in [1.82, 2.24) is 5.32 Å². The highest BCUT2D eigenvalue weighted by atomic mass is 16.5. The molecule has 0 saturated heterocycles. The lowest BCUT2D eigenvalue weighted by molar-refractivity contribution is 0.126.